The van der Waals surface area contributed by atoms with Crippen molar-refractivity contribution >= 4 is 39.5 Å². The van der Waals surface area contributed by atoms with E-state index in [1.165, 1.54) is 6.33 Å². The summed E-state index contributed by atoms with van der Waals surface area (Å²) in [4.78, 5) is 13.0. The lowest BCUT2D eigenvalue weighted by atomic mass is 10.2. The van der Waals surface area contributed by atoms with E-state index in [9.17, 15) is 0 Å². The first-order valence-corrected chi connectivity index (χ1v) is 9.84. The molecule has 5 rings (SSSR count). The van der Waals surface area contributed by atoms with Crippen LogP contribution in [0.2, 0.25) is 5.02 Å². The molecule has 3 heterocycles. The van der Waals surface area contributed by atoms with Crippen LogP contribution < -0.4 is 5.32 Å². The molecular formula is C21H18ClN7O. The van der Waals surface area contributed by atoms with Crippen LogP contribution in [0.25, 0.3) is 27.8 Å². The van der Waals surface area contributed by atoms with Crippen LogP contribution in [-0.2, 0) is 13.1 Å². The molecule has 0 aliphatic heterocycles. The summed E-state index contributed by atoms with van der Waals surface area (Å²) in [6, 6.07) is 13.9. The Labute approximate surface area is 176 Å². The van der Waals surface area contributed by atoms with Crippen molar-refractivity contribution in [2.45, 2.75) is 13.1 Å². The van der Waals surface area contributed by atoms with Crippen molar-refractivity contribution in [2.24, 2.45) is 0 Å². The Hall–Kier alpha value is -3.49. The first-order chi connectivity index (χ1) is 14.7. The highest BCUT2D eigenvalue weighted by Crippen LogP contribution is 2.25. The number of nitrogens with zero attached hydrogens (tertiary/aromatic N) is 6. The third-order valence-corrected chi connectivity index (χ3v) is 5.31. The maximum absolute atomic E-state index is 9.16. The molecule has 30 heavy (non-hydrogen) atoms. The van der Waals surface area contributed by atoms with Gasteiger partial charge in [-0.2, -0.15) is 5.10 Å². The van der Waals surface area contributed by atoms with Gasteiger partial charge in [-0.1, -0.05) is 29.8 Å². The van der Waals surface area contributed by atoms with Crippen molar-refractivity contribution < 1.29 is 5.11 Å². The van der Waals surface area contributed by atoms with E-state index in [2.05, 4.69) is 25.4 Å². The van der Waals surface area contributed by atoms with Gasteiger partial charge in [-0.25, -0.2) is 19.6 Å². The van der Waals surface area contributed by atoms with Gasteiger partial charge in [0.1, 0.15) is 18.5 Å². The molecule has 0 spiro atoms. The Bertz CT molecular complexity index is 1340. The highest BCUT2D eigenvalue weighted by atomic mass is 35.5. The first-order valence-electron chi connectivity index (χ1n) is 9.47. The van der Waals surface area contributed by atoms with Crippen LogP contribution in [0.5, 0.6) is 0 Å². The molecule has 0 radical (unpaired) electrons. The number of imidazole rings is 1. The smallest absolute Gasteiger partial charge is 0.163 e. The summed E-state index contributed by atoms with van der Waals surface area (Å²) in [5, 5.41) is 18.2. The summed E-state index contributed by atoms with van der Waals surface area (Å²) in [6.45, 7) is 0.884. The number of aliphatic hydroxyl groups is 1. The molecule has 2 aromatic carbocycles. The molecule has 0 fully saturated rings. The summed E-state index contributed by atoms with van der Waals surface area (Å²) < 4.78 is 3.67. The van der Waals surface area contributed by atoms with Gasteiger partial charge in [-0.15, -0.1) is 0 Å². The normalized spacial score (nSPS) is 11.4. The molecular weight excluding hydrogens is 402 g/mol. The number of nitrogens with one attached hydrogen (secondary N) is 1. The zero-order valence-electron chi connectivity index (χ0n) is 15.9. The Kier molecular flexibility index (Phi) is 4.78. The molecule has 5 aromatic rings. The molecule has 0 saturated heterocycles. The quantitative estimate of drug-likeness (QED) is 0.438. The highest BCUT2D eigenvalue weighted by molar-refractivity contribution is 6.31. The SMILES string of the molecule is OCCn1ncc2c(NCc3ccc(-n4cnc5ccccc54)cc3Cl)ncnc21. The van der Waals surface area contributed by atoms with Crippen molar-refractivity contribution in [3.63, 3.8) is 0 Å². The molecule has 0 amide bonds. The Morgan fingerprint density at radius 3 is 2.83 bits per heavy atom. The van der Waals surface area contributed by atoms with Gasteiger partial charge in [0.2, 0.25) is 0 Å². The minimum absolute atomic E-state index is 0.00228. The van der Waals surface area contributed by atoms with Gasteiger partial charge in [0.15, 0.2) is 5.65 Å². The Morgan fingerprint density at radius 2 is 1.97 bits per heavy atom. The number of anilines is 1. The van der Waals surface area contributed by atoms with Gasteiger partial charge in [0, 0.05) is 17.3 Å². The second-order valence-corrected chi connectivity index (χ2v) is 7.19. The molecule has 3 aromatic heterocycles. The fraction of sp³-hybridized carbons (Fsp3) is 0.143. The van der Waals surface area contributed by atoms with Crippen molar-refractivity contribution in [3.8, 4) is 5.69 Å². The van der Waals surface area contributed by atoms with E-state index >= 15 is 0 Å². The minimum atomic E-state index is -0.00228. The zero-order chi connectivity index (χ0) is 20.5. The van der Waals surface area contributed by atoms with Crippen molar-refractivity contribution in [2.75, 3.05) is 11.9 Å². The van der Waals surface area contributed by atoms with E-state index in [0.29, 0.717) is 29.6 Å². The molecule has 9 heteroatoms. The summed E-state index contributed by atoms with van der Waals surface area (Å²) in [7, 11) is 0. The van der Waals surface area contributed by atoms with Crippen LogP contribution in [0.1, 0.15) is 5.56 Å². The van der Waals surface area contributed by atoms with Crippen LogP contribution in [0.15, 0.2) is 61.3 Å². The lowest BCUT2D eigenvalue weighted by Crippen LogP contribution is -2.06. The molecule has 0 aliphatic carbocycles. The molecule has 150 valence electrons. The van der Waals surface area contributed by atoms with Gasteiger partial charge >= 0.3 is 0 Å². The molecule has 0 atom stereocenters. The number of halogens is 1. The molecule has 2 N–H and O–H groups in total. The number of hydrogen-bond acceptors (Lipinski definition) is 6. The predicted molar refractivity (Wildman–Crippen MR) is 116 cm³/mol. The Balaban J connectivity index is 1.39. The maximum atomic E-state index is 9.16. The van der Waals surface area contributed by atoms with Crippen molar-refractivity contribution in [1.82, 2.24) is 29.3 Å². The fourth-order valence-corrected chi connectivity index (χ4v) is 3.71. The van der Waals surface area contributed by atoms with Gasteiger partial charge in [-0.05, 0) is 29.8 Å². The van der Waals surface area contributed by atoms with E-state index in [1.807, 2.05) is 47.0 Å². The van der Waals surface area contributed by atoms with Gasteiger partial charge in [0.05, 0.1) is 35.8 Å². The van der Waals surface area contributed by atoms with Crippen LogP contribution in [0, 0.1) is 0 Å². The standard InChI is InChI=1S/C21H18ClN7O/c22-17-9-15(28-13-26-18-3-1-2-4-19(18)28)6-5-14(17)10-23-20-16-11-27-29(7-8-30)21(16)25-12-24-20/h1-6,9,11-13,30H,7-8,10H2,(H,23,24,25). The number of hydrogen-bond donors (Lipinski definition) is 2. The number of fused-ring (bicyclic) bond motifs is 2. The van der Waals surface area contributed by atoms with E-state index in [-0.39, 0.29) is 6.61 Å². The van der Waals surface area contributed by atoms with Crippen LogP contribution in [-0.4, -0.2) is 41.0 Å². The maximum Gasteiger partial charge on any atom is 0.163 e. The van der Waals surface area contributed by atoms with Crippen molar-refractivity contribution in [3.05, 3.63) is 71.9 Å². The van der Waals surface area contributed by atoms with Gasteiger partial charge < -0.3 is 10.4 Å². The lowest BCUT2D eigenvalue weighted by molar-refractivity contribution is 0.271. The molecule has 8 nitrogen and oxygen atoms in total. The second-order valence-electron chi connectivity index (χ2n) is 6.78. The number of rotatable bonds is 6. The summed E-state index contributed by atoms with van der Waals surface area (Å²) in [5.74, 6) is 0.671. The van der Waals surface area contributed by atoms with Crippen LogP contribution in [0.3, 0.4) is 0 Å². The van der Waals surface area contributed by atoms with E-state index in [0.717, 1.165) is 27.7 Å². The summed E-state index contributed by atoms with van der Waals surface area (Å²) in [5.41, 5.74) is 4.54. The molecule has 0 aliphatic rings. The van der Waals surface area contributed by atoms with Crippen LogP contribution in [0.4, 0.5) is 5.82 Å². The molecule has 0 unspecified atom stereocenters. The zero-order valence-corrected chi connectivity index (χ0v) is 16.7. The first kappa shape index (κ1) is 18.5. The van der Waals surface area contributed by atoms with Crippen LogP contribution >= 0.6 is 11.6 Å². The molecule has 0 saturated carbocycles. The number of para-hydroxylation sites is 2. The number of aliphatic hydroxyl groups excluding tert-OH is 1. The average Bonchev–Trinajstić information content (AvgIpc) is 3.38. The second kappa shape index (κ2) is 7.74. The topological polar surface area (TPSA) is 93.7 Å². The lowest BCUT2D eigenvalue weighted by Gasteiger charge is -2.11. The third-order valence-electron chi connectivity index (χ3n) is 4.96. The van der Waals surface area contributed by atoms with Gasteiger partial charge in [0.25, 0.3) is 0 Å². The Morgan fingerprint density at radius 1 is 1.07 bits per heavy atom. The van der Waals surface area contributed by atoms with E-state index < -0.39 is 0 Å². The monoisotopic (exact) mass is 419 g/mol. The average molecular weight is 420 g/mol. The predicted octanol–water partition coefficient (Wildman–Crippen LogP) is 3.42. The van der Waals surface area contributed by atoms with E-state index in [4.69, 9.17) is 16.7 Å². The molecule has 0 bridgehead atoms. The van der Waals surface area contributed by atoms with E-state index in [1.54, 1.807) is 17.2 Å². The number of aromatic nitrogens is 6. The highest BCUT2D eigenvalue weighted by Gasteiger charge is 2.11. The third kappa shape index (κ3) is 3.26. The van der Waals surface area contributed by atoms with Crippen molar-refractivity contribution in [1.29, 1.82) is 0 Å². The van der Waals surface area contributed by atoms with Gasteiger partial charge in [-0.3, -0.25) is 4.57 Å². The fourth-order valence-electron chi connectivity index (χ4n) is 3.47. The minimum Gasteiger partial charge on any atom is -0.394 e. The summed E-state index contributed by atoms with van der Waals surface area (Å²) >= 11 is 6.58. The largest absolute Gasteiger partial charge is 0.394 e. The number of benzene rings is 2. The summed E-state index contributed by atoms with van der Waals surface area (Å²) in [6.07, 6.45) is 4.98.